The molecule has 8 nitrogen and oxygen atoms in total. The number of benzene rings is 2. The number of amidine groups is 1. The van der Waals surface area contributed by atoms with Crippen molar-refractivity contribution < 1.29 is 19.1 Å². The molecule has 35 heavy (non-hydrogen) atoms. The Morgan fingerprint density at radius 3 is 2.43 bits per heavy atom. The molecule has 182 valence electrons. The third-order valence-electron chi connectivity index (χ3n) is 5.11. The number of anilines is 2. The number of aliphatic imine (C=N–C) groups is 1. The maximum Gasteiger partial charge on any atom is 0.412 e. The molecule has 0 saturated carbocycles. The zero-order valence-electron chi connectivity index (χ0n) is 19.8. The number of fused-ring (bicyclic) bond motifs is 1. The molecule has 0 aromatic heterocycles. The number of rotatable bonds is 6. The number of nitrogens with one attached hydrogen (secondary N) is 2. The number of hydrogen-bond donors (Lipinski definition) is 3. The van der Waals surface area contributed by atoms with Crippen LogP contribution in [-0.4, -0.2) is 28.0 Å². The summed E-state index contributed by atoms with van der Waals surface area (Å²) in [6, 6.07) is 14.2. The van der Waals surface area contributed by atoms with Crippen LogP contribution in [0.2, 0.25) is 0 Å². The molecule has 1 unspecified atom stereocenters. The first-order valence-electron chi connectivity index (χ1n) is 11.2. The van der Waals surface area contributed by atoms with Gasteiger partial charge in [0.2, 0.25) is 0 Å². The van der Waals surface area contributed by atoms with E-state index in [1.165, 1.54) is 0 Å². The van der Waals surface area contributed by atoms with Gasteiger partial charge in [-0.15, -0.1) is 0 Å². The van der Waals surface area contributed by atoms with Gasteiger partial charge >= 0.3 is 6.09 Å². The number of thioether (sulfide) groups is 1. The average Bonchev–Trinajstić information content (AvgIpc) is 3.17. The summed E-state index contributed by atoms with van der Waals surface area (Å²) >= 11 is 1.55. The number of allylic oxidation sites excluding steroid dienone is 3. The molecule has 1 atom stereocenters. The summed E-state index contributed by atoms with van der Waals surface area (Å²) < 4.78 is 11.3. The van der Waals surface area contributed by atoms with E-state index in [4.69, 9.17) is 15.2 Å². The minimum atomic E-state index is -0.626. The lowest BCUT2D eigenvalue weighted by atomic mass is 10.1. The Morgan fingerprint density at radius 2 is 1.74 bits per heavy atom. The molecule has 9 heteroatoms. The number of carbonyl (C=O) groups is 2. The van der Waals surface area contributed by atoms with Crippen LogP contribution in [0.1, 0.15) is 43.1 Å². The Bertz CT molecular complexity index is 1210. The minimum absolute atomic E-state index is 0.216. The molecule has 1 heterocycles. The molecule has 1 aliphatic heterocycles. The number of nitrogens with zero attached hydrogens (tertiary/aromatic N) is 1. The predicted octanol–water partition coefficient (Wildman–Crippen LogP) is 5.40. The summed E-state index contributed by atoms with van der Waals surface area (Å²) in [5, 5.41) is 6.33. The molecule has 0 bridgehead atoms. The van der Waals surface area contributed by atoms with Crippen molar-refractivity contribution in [3.8, 4) is 0 Å². The van der Waals surface area contributed by atoms with Crippen molar-refractivity contribution >= 4 is 40.3 Å². The number of nitrogens with two attached hydrogens (primary N) is 1. The molecule has 2 amide bonds. The number of hydrogen-bond acceptors (Lipinski definition) is 7. The lowest BCUT2D eigenvalue weighted by Gasteiger charge is -2.20. The van der Waals surface area contributed by atoms with Crippen molar-refractivity contribution in [2.75, 3.05) is 10.6 Å². The van der Waals surface area contributed by atoms with E-state index < -0.39 is 11.7 Å². The number of para-hydroxylation sites is 2. The maximum atomic E-state index is 12.8. The summed E-state index contributed by atoms with van der Waals surface area (Å²) in [6.45, 7) is 5.75. The summed E-state index contributed by atoms with van der Waals surface area (Å²) in [5.41, 5.74) is 8.51. The topological polar surface area (TPSA) is 115 Å². The number of ether oxygens (including phenoxy) is 2. The van der Waals surface area contributed by atoms with E-state index in [1.54, 1.807) is 68.9 Å². The van der Waals surface area contributed by atoms with E-state index in [1.807, 2.05) is 24.3 Å². The molecule has 0 fully saturated rings. The number of carbonyl (C=O) groups excluding carboxylic acids is 2. The zero-order valence-corrected chi connectivity index (χ0v) is 20.6. The van der Waals surface area contributed by atoms with Crippen LogP contribution >= 0.6 is 11.8 Å². The zero-order chi connectivity index (χ0) is 25.0. The second-order valence-corrected chi connectivity index (χ2v) is 10.3. The quantitative estimate of drug-likeness (QED) is 0.497. The van der Waals surface area contributed by atoms with Gasteiger partial charge in [0.15, 0.2) is 5.17 Å². The first-order chi connectivity index (χ1) is 16.7. The monoisotopic (exact) mass is 492 g/mol. The molecule has 2 aromatic rings. The fraction of sp³-hybridized carbons (Fsp3) is 0.269. The van der Waals surface area contributed by atoms with E-state index >= 15 is 0 Å². The summed E-state index contributed by atoms with van der Waals surface area (Å²) in [6.07, 6.45) is 4.03. The molecular formula is C26H28N4O4S. The van der Waals surface area contributed by atoms with Crippen LogP contribution in [0.4, 0.5) is 16.2 Å². The Kier molecular flexibility index (Phi) is 7.16. The molecule has 0 radical (unpaired) electrons. The third-order valence-corrected chi connectivity index (χ3v) is 6.14. The SMILES string of the molecule is CC(C)(C)OC(=O)Nc1ccccc1NC(=O)c1ccc(COC2=CC=C3N=C(N)SC3C2)cc1. The van der Waals surface area contributed by atoms with Gasteiger partial charge in [-0.2, -0.15) is 0 Å². The van der Waals surface area contributed by atoms with Crippen LogP contribution in [-0.2, 0) is 16.1 Å². The van der Waals surface area contributed by atoms with Crippen molar-refractivity contribution in [3.63, 3.8) is 0 Å². The fourth-order valence-electron chi connectivity index (χ4n) is 3.50. The van der Waals surface area contributed by atoms with Gasteiger partial charge in [0.1, 0.15) is 12.2 Å². The van der Waals surface area contributed by atoms with Crippen molar-refractivity contribution in [2.24, 2.45) is 10.7 Å². The minimum Gasteiger partial charge on any atom is -0.493 e. The predicted molar refractivity (Wildman–Crippen MR) is 139 cm³/mol. The van der Waals surface area contributed by atoms with Crippen LogP contribution in [0.5, 0.6) is 0 Å². The van der Waals surface area contributed by atoms with Crippen LogP contribution in [0.3, 0.4) is 0 Å². The highest BCUT2D eigenvalue weighted by Gasteiger charge is 2.27. The summed E-state index contributed by atoms with van der Waals surface area (Å²) in [7, 11) is 0. The molecule has 2 aromatic carbocycles. The van der Waals surface area contributed by atoms with Gasteiger partial charge < -0.3 is 20.5 Å². The molecule has 0 saturated heterocycles. The van der Waals surface area contributed by atoms with Gasteiger partial charge in [-0.05, 0) is 62.8 Å². The largest absolute Gasteiger partial charge is 0.493 e. The molecule has 1 aliphatic carbocycles. The molecule has 2 aliphatic rings. The Balaban J connectivity index is 1.33. The second-order valence-electron chi connectivity index (χ2n) is 9.10. The average molecular weight is 493 g/mol. The van der Waals surface area contributed by atoms with Crippen molar-refractivity contribution in [1.82, 2.24) is 0 Å². The number of amides is 2. The van der Waals surface area contributed by atoms with E-state index in [0.717, 1.165) is 23.4 Å². The van der Waals surface area contributed by atoms with Gasteiger partial charge in [0, 0.05) is 12.0 Å². The third kappa shape index (κ3) is 6.66. The summed E-state index contributed by atoms with van der Waals surface area (Å²) in [5.74, 6) is 0.589. The van der Waals surface area contributed by atoms with Crippen LogP contribution in [0.15, 0.2) is 77.1 Å². The van der Waals surface area contributed by atoms with Crippen LogP contribution < -0.4 is 16.4 Å². The lowest BCUT2D eigenvalue weighted by molar-refractivity contribution is 0.0635. The van der Waals surface area contributed by atoms with Crippen molar-refractivity contribution in [2.45, 2.75) is 44.6 Å². The van der Waals surface area contributed by atoms with Gasteiger partial charge in [-0.1, -0.05) is 36.0 Å². The molecule has 0 spiro atoms. The highest BCUT2D eigenvalue weighted by Crippen LogP contribution is 2.36. The van der Waals surface area contributed by atoms with E-state index in [-0.39, 0.29) is 11.2 Å². The van der Waals surface area contributed by atoms with Crippen LogP contribution in [0.25, 0.3) is 0 Å². The first-order valence-corrected chi connectivity index (χ1v) is 12.1. The van der Waals surface area contributed by atoms with Gasteiger partial charge in [0.05, 0.1) is 28.1 Å². The molecule has 4 N–H and O–H groups in total. The van der Waals surface area contributed by atoms with Crippen molar-refractivity contribution in [3.05, 3.63) is 83.3 Å². The second kappa shape index (κ2) is 10.3. The smallest absolute Gasteiger partial charge is 0.412 e. The van der Waals surface area contributed by atoms with Gasteiger partial charge in [-0.3, -0.25) is 10.1 Å². The Labute approximate surface area is 208 Å². The molecule has 4 rings (SSSR count). The first kappa shape index (κ1) is 24.4. The highest BCUT2D eigenvalue weighted by molar-refractivity contribution is 8.14. The molecular weight excluding hydrogens is 464 g/mol. The maximum absolute atomic E-state index is 12.8. The van der Waals surface area contributed by atoms with Crippen LogP contribution in [0, 0.1) is 0 Å². The lowest BCUT2D eigenvalue weighted by Crippen LogP contribution is -2.27. The Morgan fingerprint density at radius 1 is 1.06 bits per heavy atom. The standard InChI is InChI=1S/C26H28N4O4S/c1-26(2,3)34-25(32)30-20-7-5-4-6-19(20)28-23(31)17-10-8-16(9-11-17)15-33-18-12-13-21-22(14-18)35-24(27)29-21/h4-13,22H,14-15H2,1-3H3,(H2,27,29)(H,28,31)(H,30,32). The van der Waals surface area contributed by atoms with Gasteiger partial charge in [0.25, 0.3) is 5.91 Å². The summed E-state index contributed by atoms with van der Waals surface area (Å²) in [4.78, 5) is 29.3. The van der Waals surface area contributed by atoms with Gasteiger partial charge in [-0.25, -0.2) is 9.79 Å². The normalized spacial score (nSPS) is 16.9. The Hall–Kier alpha value is -3.72. The van der Waals surface area contributed by atoms with Crippen molar-refractivity contribution in [1.29, 1.82) is 0 Å². The van der Waals surface area contributed by atoms with E-state index in [0.29, 0.717) is 28.7 Å². The van der Waals surface area contributed by atoms with E-state index in [9.17, 15) is 9.59 Å². The fourth-order valence-corrected chi connectivity index (χ4v) is 4.45. The highest BCUT2D eigenvalue weighted by atomic mass is 32.2. The van der Waals surface area contributed by atoms with E-state index in [2.05, 4.69) is 15.6 Å².